The van der Waals surface area contributed by atoms with Gasteiger partial charge in [-0.1, -0.05) is 56.3 Å². The van der Waals surface area contributed by atoms with Gasteiger partial charge in [0.25, 0.3) is 0 Å². The molecule has 2 aromatic carbocycles. The Hall–Kier alpha value is -2.82. The van der Waals surface area contributed by atoms with Crippen molar-refractivity contribution in [1.82, 2.24) is 10.6 Å². The highest BCUT2D eigenvalue weighted by Gasteiger charge is 2.24. The third kappa shape index (κ3) is 7.26. The van der Waals surface area contributed by atoms with Gasteiger partial charge < -0.3 is 15.5 Å². The highest BCUT2D eigenvalue weighted by Crippen LogP contribution is 2.15. The monoisotopic (exact) mass is 395 g/mol. The van der Waals surface area contributed by atoms with Crippen LogP contribution in [0.1, 0.15) is 31.9 Å². The Bertz CT molecular complexity index is 790. The molecule has 0 aliphatic rings. The third-order valence-electron chi connectivity index (χ3n) is 4.90. The fraction of sp³-hybridized carbons (Fsp3) is 0.417. The molecule has 1 unspecified atom stereocenters. The van der Waals surface area contributed by atoms with Crippen molar-refractivity contribution in [3.8, 4) is 0 Å². The van der Waals surface area contributed by atoms with Crippen molar-refractivity contribution in [1.29, 1.82) is 0 Å². The van der Waals surface area contributed by atoms with Crippen LogP contribution in [0.15, 0.2) is 54.6 Å². The summed E-state index contributed by atoms with van der Waals surface area (Å²) in [4.78, 5) is 27.3. The molecule has 29 heavy (non-hydrogen) atoms. The summed E-state index contributed by atoms with van der Waals surface area (Å²) in [6.45, 7) is 10.2. The number of hydrogen-bond acceptors (Lipinski definition) is 3. The highest BCUT2D eigenvalue weighted by molar-refractivity contribution is 5.88. The van der Waals surface area contributed by atoms with E-state index >= 15 is 0 Å². The van der Waals surface area contributed by atoms with E-state index in [9.17, 15) is 9.59 Å². The van der Waals surface area contributed by atoms with Crippen LogP contribution in [0, 0.1) is 12.8 Å². The first-order valence-corrected chi connectivity index (χ1v) is 10.3. The third-order valence-corrected chi connectivity index (χ3v) is 4.90. The van der Waals surface area contributed by atoms with Gasteiger partial charge in [-0.25, -0.2) is 0 Å². The van der Waals surface area contributed by atoms with Gasteiger partial charge in [0.15, 0.2) is 0 Å². The fourth-order valence-electron chi connectivity index (χ4n) is 3.26. The van der Waals surface area contributed by atoms with Crippen LogP contribution in [0.5, 0.6) is 0 Å². The molecule has 2 amide bonds. The second-order valence-corrected chi connectivity index (χ2v) is 7.66. The summed E-state index contributed by atoms with van der Waals surface area (Å²) in [5, 5.41) is 5.88. The van der Waals surface area contributed by atoms with E-state index < -0.39 is 6.04 Å². The second kappa shape index (κ2) is 11.2. The maximum atomic E-state index is 12.7. The maximum absolute atomic E-state index is 12.7. The van der Waals surface area contributed by atoms with Crippen molar-refractivity contribution >= 4 is 17.5 Å². The van der Waals surface area contributed by atoms with E-state index in [0.29, 0.717) is 13.1 Å². The lowest BCUT2D eigenvalue weighted by Gasteiger charge is -2.25. The molecule has 2 aromatic rings. The number of rotatable bonds is 10. The molecule has 0 aliphatic carbocycles. The zero-order chi connectivity index (χ0) is 21.2. The van der Waals surface area contributed by atoms with E-state index in [1.165, 1.54) is 5.56 Å². The van der Waals surface area contributed by atoms with E-state index in [-0.39, 0.29) is 24.2 Å². The molecule has 5 nitrogen and oxygen atoms in total. The second-order valence-electron chi connectivity index (χ2n) is 7.66. The van der Waals surface area contributed by atoms with Crippen molar-refractivity contribution in [3.63, 3.8) is 0 Å². The molecule has 0 saturated heterocycles. The van der Waals surface area contributed by atoms with Gasteiger partial charge in [0.05, 0.1) is 6.42 Å². The molecular formula is C24H33N3O2. The Labute approximate surface area is 174 Å². The number of carbonyl (C=O) groups is 2. The largest absolute Gasteiger partial charge is 0.370 e. The van der Waals surface area contributed by atoms with Crippen molar-refractivity contribution in [2.45, 2.75) is 40.2 Å². The predicted molar refractivity (Wildman–Crippen MR) is 119 cm³/mol. The zero-order valence-electron chi connectivity index (χ0n) is 17.9. The smallest absolute Gasteiger partial charge is 0.242 e. The molecule has 156 valence electrons. The highest BCUT2D eigenvalue weighted by atomic mass is 16.2. The summed E-state index contributed by atoms with van der Waals surface area (Å²) < 4.78 is 0. The van der Waals surface area contributed by atoms with Crippen LogP contribution < -0.4 is 15.5 Å². The summed E-state index contributed by atoms with van der Waals surface area (Å²) in [6, 6.07) is 17.4. The molecule has 0 saturated carbocycles. The Morgan fingerprint density at radius 2 is 1.76 bits per heavy atom. The summed E-state index contributed by atoms with van der Waals surface area (Å²) >= 11 is 0. The van der Waals surface area contributed by atoms with E-state index in [4.69, 9.17) is 0 Å². The Morgan fingerprint density at radius 3 is 2.38 bits per heavy atom. The minimum absolute atomic E-state index is 0.00812. The van der Waals surface area contributed by atoms with E-state index in [2.05, 4.69) is 47.6 Å². The average Bonchev–Trinajstić information content (AvgIpc) is 2.69. The number of nitrogens with zero attached hydrogens (tertiary/aromatic N) is 1. The lowest BCUT2D eigenvalue weighted by atomic mass is 10.0. The molecular weight excluding hydrogens is 362 g/mol. The standard InChI is InChI=1S/C24H33N3O2/c1-5-27(21-13-9-10-19(4)16-21)15-14-25-24(29)23(18(2)3)26-22(28)17-20-11-7-6-8-12-20/h6-13,16,18,23H,5,14-15,17H2,1-4H3,(H,25,29)(H,26,28). The Morgan fingerprint density at radius 1 is 1.03 bits per heavy atom. The summed E-state index contributed by atoms with van der Waals surface area (Å²) in [5.41, 5.74) is 3.30. The van der Waals surface area contributed by atoms with Crippen LogP contribution in [-0.4, -0.2) is 37.5 Å². The number of benzene rings is 2. The van der Waals surface area contributed by atoms with E-state index in [1.54, 1.807) is 0 Å². The Kier molecular flexibility index (Phi) is 8.71. The predicted octanol–water partition coefficient (Wildman–Crippen LogP) is 3.32. The van der Waals surface area contributed by atoms with Crippen LogP contribution in [-0.2, 0) is 16.0 Å². The lowest BCUT2D eigenvalue weighted by Crippen LogP contribution is -2.51. The first-order valence-electron chi connectivity index (χ1n) is 10.3. The lowest BCUT2D eigenvalue weighted by molar-refractivity contribution is -0.129. The quantitative estimate of drug-likeness (QED) is 0.649. The summed E-state index contributed by atoms with van der Waals surface area (Å²) in [7, 11) is 0. The normalized spacial score (nSPS) is 11.8. The molecule has 0 spiro atoms. The van der Waals surface area contributed by atoms with Gasteiger partial charge in [-0.05, 0) is 43.0 Å². The van der Waals surface area contributed by atoms with Crippen molar-refractivity contribution < 1.29 is 9.59 Å². The number of amides is 2. The number of nitrogens with one attached hydrogen (secondary N) is 2. The molecule has 0 radical (unpaired) electrons. The topological polar surface area (TPSA) is 61.4 Å². The number of carbonyl (C=O) groups excluding carboxylic acids is 2. The van der Waals surface area contributed by atoms with Gasteiger partial charge >= 0.3 is 0 Å². The van der Waals surface area contributed by atoms with Gasteiger partial charge in [-0.2, -0.15) is 0 Å². The molecule has 1 atom stereocenters. The maximum Gasteiger partial charge on any atom is 0.242 e. The SMILES string of the molecule is CCN(CCNC(=O)C(NC(=O)Cc1ccccc1)C(C)C)c1cccc(C)c1. The molecule has 2 rings (SSSR count). The molecule has 5 heteroatoms. The molecule has 0 aromatic heterocycles. The van der Waals surface area contributed by atoms with Crippen molar-refractivity contribution in [2.24, 2.45) is 5.92 Å². The van der Waals surface area contributed by atoms with Gasteiger partial charge in [-0.3, -0.25) is 9.59 Å². The van der Waals surface area contributed by atoms with E-state index in [1.807, 2.05) is 50.2 Å². The van der Waals surface area contributed by atoms with Gasteiger partial charge in [0.1, 0.15) is 6.04 Å². The minimum Gasteiger partial charge on any atom is -0.370 e. The number of likely N-dealkylation sites (N-methyl/N-ethyl adjacent to an activating group) is 1. The van der Waals surface area contributed by atoms with Crippen LogP contribution in [0.3, 0.4) is 0 Å². The number of hydrogen-bond donors (Lipinski definition) is 2. The van der Waals surface area contributed by atoms with Gasteiger partial charge in [0.2, 0.25) is 11.8 Å². The molecule has 0 bridgehead atoms. The Balaban J connectivity index is 1.87. The van der Waals surface area contributed by atoms with Gasteiger partial charge in [-0.15, -0.1) is 0 Å². The molecule has 0 heterocycles. The number of anilines is 1. The average molecular weight is 396 g/mol. The summed E-state index contributed by atoms with van der Waals surface area (Å²) in [5.74, 6) is -0.268. The fourth-order valence-corrected chi connectivity index (χ4v) is 3.26. The zero-order valence-corrected chi connectivity index (χ0v) is 17.9. The minimum atomic E-state index is -0.541. The van der Waals surface area contributed by atoms with Crippen LogP contribution >= 0.6 is 0 Å². The molecule has 0 fully saturated rings. The first kappa shape index (κ1) is 22.5. The number of aryl methyl sites for hydroxylation is 1. The van der Waals surface area contributed by atoms with Crippen molar-refractivity contribution in [3.05, 3.63) is 65.7 Å². The summed E-state index contributed by atoms with van der Waals surface area (Å²) in [6.07, 6.45) is 0.272. The first-order chi connectivity index (χ1) is 13.9. The van der Waals surface area contributed by atoms with Gasteiger partial charge in [0, 0.05) is 25.3 Å². The molecule has 2 N–H and O–H groups in total. The van der Waals surface area contributed by atoms with Crippen LogP contribution in [0.4, 0.5) is 5.69 Å². The van der Waals surface area contributed by atoms with Crippen LogP contribution in [0.2, 0.25) is 0 Å². The van der Waals surface area contributed by atoms with E-state index in [0.717, 1.165) is 17.8 Å². The van der Waals surface area contributed by atoms with Crippen molar-refractivity contribution in [2.75, 3.05) is 24.5 Å². The van der Waals surface area contributed by atoms with Crippen LogP contribution in [0.25, 0.3) is 0 Å². The molecule has 0 aliphatic heterocycles.